The van der Waals surface area contributed by atoms with Crippen LogP contribution >= 0.6 is 0 Å². The van der Waals surface area contributed by atoms with Gasteiger partial charge in [0.2, 0.25) is 0 Å². The van der Waals surface area contributed by atoms with E-state index in [0.29, 0.717) is 18.4 Å². The Hall–Kier alpha value is -1.78. The number of guanidine groups is 1. The Morgan fingerprint density at radius 2 is 1.95 bits per heavy atom. The molecule has 0 saturated heterocycles. The summed E-state index contributed by atoms with van der Waals surface area (Å²) in [4.78, 5) is 4.50. The molecular formula is C16H26FN3O. The smallest absolute Gasteiger partial charge is 0.191 e. The summed E-state index contributed by atoms with van der Waals surface area (Å²) in [6, 6.07) is 6.46. The summed E-state index contributed by atoms with van der Waals surface area (Å²) in [5, 5.41) is 6.48. The largest absolute Gasteiger partial charge is 0.494 e. The van der Waals surface area contributed by atoms with Crippen LogP contribution in [0.4, 0.5) is 4.39 Å². The van der Waals surface area contributed by atoms with Crippen molar-refractivity contribution < 1.29 is 9.13 Å². The van der Waals surface area contributed by atoms with Crippen LogP contribution in [0.5, 0.6) is 5.75 Å². The Morgan fingerprint density at radius 1 is 1.24 bits per heavy atom. The molecule has 5 heteroatoms. The number of unbranched alkanes of at least 4 members (excludes halogenated alkanes) is 1. The van der Waals surface area contributed by atoms with Crippen LogP contribution < -0.4 is 15.4 Å². The van der Waals surface area contributed by atoms with Gasteiger partial charge in [-0.1, -0.05) is 0 Å². The lowest BCUT2D eigenvalue weighted by molar-refractivity contribution is 0.307. The van der Waals surface area contributed by atoms with E-state index < -0.39 is 0 Å². The fraction of sp³-hybridized carbons (Fsp3) is 0.562. The summed E-state index contributed by atoms with van der Waals surface area (Å²) < 4.78 is 18.3. The summed E-state index contributed by atoms with van der Waals surface area (Å²) in [5.74, 6) is 1.31. The number of hydrogen-bond donors (Lipinski definition) is 2. The molecule has 0 aliphatic rings. The summed E-state index contributed by atoms with van der Waals surface area (Å²) in [6.45, 7) is 8.46. The lowest BCUT2D eigenvalue weighted by Gasteiger charge is -2.13. The minimum absolute atomic E-state index is 0.245. The van der Waals surface area contributed by atoms with Gasteiger partial charge in [-0.15, -0.1) is 0 Å². The molecule has 4 nitrogen and oxygen atoms in total. The zero-order valence-corrected chi connectivity index (χ0v) is 13.2. The highest BCUT2D eigenvalue weighted by Crippen LogP contribution is 2.11. The average Bonchev–Trinajstić information content (AvgIpc) is 2.44. The van der Waals surface area contributed by atoms with Gasteiger partial charge < -0.3 is 15.4 Å². The molecule has 0 aromatic heterocycles. The number of halogens is 1. The van der Waals surface area contributed by atoms with Gasteiger partial charge >= 0.3 is 0 Å². The number of aliphatic imine (C=N–C) groups is 1. The SMILES string of the molecule is CCNC(=NCCCCOc1ccc(F)cc1)NC(C)C. The second kappa shape index (κ2) is 10.0. The zero-order valence-electron chi connectivity index (χ0n) is 13.2. The average molecular weight is 295 g/mol. The maximum Gasteiger partial charge on any atom is 0.191 e. The Balaban J connectivity index is 2.18. The van der Waals surface area contributed by atoms with Crippen LogP contribution in [0.2, 0.25) is 0 Å². The van der Waals surface area contributed by atoms with Crippen molar-refractivity contribution in [3.8, 4) is 5.75 Å². The van der Waals surface area contributed by atoms with Gasteiger partial charge in [0, 0.05) is 19.1 Å². The maximum atomic E-state index is 12.7. The van der Waals surface area contributed by atoms with Crippen molar-refractivity contribution in [1.82, 2.24) is 10.6 Å². The highest BCUT2D eigenvalue weighted by Gasteiger charge is 1.99. The second-order valence-corrected chi connectivity index (χ2v) is 5.07. The molecule has 0 fully saturated rings. The van der Waals surface area contributed by atoms with Crippen LogP contribution in [-0.2, 0) is 0 Å². The van der Waals surface area contributed by atoms with Gasteiger partial charge in [-0.25, -0.2) is 4.39 Å². The molecule has 1 rings (SSSR count). The van der Waals surface area contributed by atoms with E-state index in [-0.39, 0.29) is 5.82 Å². The molecule has 118 valence electrons. The molecule has 1 aromatic carbocycles. The quantitative estimate of drug-likeness (QED) is 0.440. The number of hydrogen-bond acceptors (Lipinski definition) is 2. The first-order chi connectivity index (χ1) is 10.1. The summed E-state index contributed by atoms with van der Waals surface area (Å²) in [5.41, 5.74) is 0. The molecule has 0 unspecified atom stereocenters. The van der Waals surface area contributed by atoms with Crippen molar-refractivity contribution in [2.45, 2.75) is 39.7 Å². The maximum absolute atomic E-state index is 12.7. The monoisotopic (exact) mass is 295 g/mol. The summed E-state index contributed by atoms with van der Waals surface area (Å²) in [7, 11) is 0. The fourth-order valence-electron chi connectivity index (χ4n) is 1.72. The predicted molar refractivity (Wildman–Crippen MR) is 85.4 cm³/mol. The third-order valence-electron chi connectivity index (χ3n) is 2.67. The first-order valence-electron chi connectivity index (χ1n) is 7.55. The van der Waals surface area contributed by atoms with Crippen molar-refractivity contribution >= 4 is 5.96 Å². The summed E-state index contributed by atoms with van der Waals surface area (Å²) >= 11 is 0. The molecule has 0 saturated carbocycles. The van der Waals surface area contributed by atoms with Crippen molar-refractivity contribution in [1.29, 1.82) is 0 Å². The number of ether oxygens (including phenoxy) is 1. The van der Waals surface area contributed by atoms with Gasteiger partial charge in [-0.05, 0) is 57.9 Å². The van der Waals surface area contributed by atoms with Crippen molar-refractivity contribution in [2.75, 3.05) is 19.7 Å². The molecule has 0 atom stereocenters. The van der Waals surface area contributed by atoms with E-state index in [1.54, 1.807) is 12.1 Å². The van der Waals surface area contributed by atoms with Crippen LogP contribution in [0.15, 0.2) is 29.3 Å². The molecule has 0 bridgehead atoms. The Morgan fingerprint density at radius 3 is 2.57 bits per heavy atom. The molecule has 0 amide bonds. The van der Waals surface area contributed by atoms with E-state index in [0.717, 1.165) is 31.9 Å². The molecule has 2 N–H and O–H groups in total. The third-order valence-corrected chi connectivity index (χ3v) is 2.67. The Labute approximate surface area is 126 Å². The van der Waals surface area contributed by atoms with Crippen LogP contribution in [0, 0.1) is 5.82 Å². The first kappa shape index (κ1) is 17.3. The first-order valence-corrected chi connectivity index (χ1v) is 7.55. The second-order valence-electron chi connectivity index (χ2n) is 5.07. The van der Waals surface area contributed by atoms with E-state index in [2.05, 4.69) is 29.5 Å². The molecule has 0 aliphatic carbocycles. The van der Waals surface area contributed by atoms with E-state index in [4.69, 9.17) is 4.74 Å². The van der Waals surface area contributed by atoms with Crippen molar-refractivity contribution in [2.24, 2.45) is 4.99 Å². The standard InChI is InChI=1S/C16H26FN3O/c1-4-18-16(20-13(2)3)19-11-5-6-12-21-15-9-7-14(17)8-10-15/h7-10,13H,4-6,11-12H2,1-3H3,(H2,18,19,20). The minimum Gasteiger partial charge on any atom is -0.494 e. The van der Waals surface area contributed by atoms with Gasteiger partial charge in [-0.3, -0.25) is 4.99 Å². The topological polar surface area (TPSA) is 45.7 Å². The molecule has 0 heterocycles. The van der Waals surface area contributed by atoms with Crippen molar-refractivity contribution in [3.63, 3.8) is 0 Å². The fourth-order valence-corrected chi connectivity index (χ4v) is 1.72. The third kappa shape index (κ3) is 8.17. The van der Waals surface area contributed by atoms with Gasteiger partial charge in [0.25, 0.3) is 0 Å². The lowest BCUT2D eigenvalue weighted by Crippen LogP contribution is -2.41. The highest BCUT2D eigenvalue weighted by atomic mass is 19.1. The Kier molecular flexibility index (Phi) is 8.24. The van der Waals surface area contributed by atoms with Crippen molar-refractivity contribution in [3.05, 3.63) is 30.1 Å². The zero-order chi connectivity index (χ0) is 15.5. The lowest BCUT2D eigenvalue weighted by atomic mass is 10.3. The number of benzene rings is 1. The molecule has 1 aromatic rings. The van der Waals surface area contributed by atoms with Gasteiger partial charge in [0.15, 0.2) is 5.96 Å². The minimum atomic E-state index is -0.245. The number of rotatable bonds is 8. The van der Waals surface area contributed by atoms with E-state index >= 15 is 0 Å². The summed E-state index contributed by atoms with van der Waals surface area (Å²) in [6.07, 6.45) is 1.87. The number of nitrogens with zero attached hydrogens (tertiary/aromatic N) is 1. The molecule has 0 spiro atoms. The highest BCUT2D eigenvalue weighted by molar-refractivity contribution is 5.79. The van der Waals surface area contributed by atoms with Gasteiger partial charge in [0.05, 0.1) is 6.61 Å². The molecule has 21 heavy (non-hydrogen) atoms. The van der Waals surface area contributed by atoms with Crippen LogP contribution in [0.1, 0.15) is 33.6 Å². The molecule has 0 aliphatic heterocycles. The van der Waals surface area contributed by atoms with E-state index in [1.807, 2.05) is 6.92 Å². The predicted octanol–water partition coefficient (Wildman–Crippen LogP) is 2.95. The van der Waals surface area contributed by atoms with Crippen LogP contribution in [-0.4, -0.2) is 31.7 Å². The van der Waals surface area contributed by atoms with E-state index in [1.165, 1.54) is 12.1 Å². The van der Waals surface area contributed by atoms with Crippen LogP contribution in [0.25, 0.3) is 0 Å². The molecule has 0 radical (unpaired) electrons. The van der Waals surface area contributed by atoms with Gasteiger partial charge in [-0.2, -0.15) is 0 Å². The van der Waals surface area contributed by atoms with Crippen LogP contribution in [0.3, 0.4) is 0 Å². The Bertz CT molecular complexity index is 418. The van der Waals surface area contributed by atoms with Gasteiger partial charge in [0.1, 0.15) is 11.6 Å². The number of nitrogens with one attached hydrogen (secondary N) is 2. The normalized spacial score (nSPS) is 11.6. The van der Waals surface area contributed by atoms with E-state index in [9.17, 15) is 4.39 Å². The molecular weight excluding hydrogens is 269 g/mol.